The molecule has 2 heterocycles. The van der Waals surface area contributed by atoms with Crippen molar-refractivity contribution in [2.45, 2.75) is 53.0 Å². The monoisotopic (exact) mass is 544 g/mol. The van der Waals surface area contributed by atoms with Gasteiger partial charge in [-0.05, 0) is 57.4 Å². The van der Waals surface area contributed by atoms with Gasteiger partial charge in [-0.2, -0.15) is 5.10 Å². The van der Waals surface area contributed by atoms with E-state index in [0.29, 0.717) is 30.2 Å². The highest BCUT2D eigenvalue weighted by Crippen LogP contribution is 2.33. The molecule has 0 unspecified atom stereocenters. The minimum absolute atomic E-state index is 0.0685. The van der Waals surface area contributed by atoms with Crippen LogP contribution in [-0.4, -0.2) is 47.3 Å². The van der Waals surface area contributed by atoms with Crippen LogP contribution in [0.25, 0.3) is 16.9 Å². The van der Waals surface area contributed by atoms with Crippen molar-refractivity contribution in [1.29, 1.82) is 0 Å². The van der Waals surface area contributed by atoms with Gasteiger partial charge in [0.2, 0.25) is 5.91 Å². The third-order valence-electron chi connectivity index (χ3n) is 6.94. The molecule has 0 fully saturated rings. The molecule has 0 saturated heterocycles. The number of aryl methyl sites for hydroxylation is 3. The van der Waals surface area contributed by atoms with Crippen LogP contribution in [0.2, 0.25) is 0 Å². The minimum atomic E-state index is -0.469. The fourth-order valence-corrected chi connectivity index (χ4v) is 4.77. The van der Waals surface area contributed by atoms with Gasteiger partial charge in [0.1, 0.15) is 11.5 Å². The Labute approximate surface area is 234 Å². The first kappa shape index (κ1) is 28.6. The summed E-state index contributed by atoms with van der Waals surface area (Å²) in [5.74, 6) is 0.845. The van der Waals surface area contributed by atoms with Gasteiger partial charge in [-0.25, -0.2) is 9.50 Å². The number of benzene rings is 2. The Morgan fingerprint density at radius 1 is 1.00 bits per heavy atom. The van der Waals surface area contributed by atoms with E-state index in [0.717, 1.165) is 39.3 Å². The molecule has 9 heteroatoms. The summed E-state index contributed by atoms with van der Waals surface area (Å²) in [5, 5.41) is 7.83. The summed E-state index contributed by atoms with van der Waals surface area (Å²) in [6, 6.07) is 14.8. The van der Waals surface area contributed by atoms with Crippen LogP contribution in [0.1, 0.15) is 53.9 Å². The number of ether oxygens (including phenoxy) is 3. The Bertz CT molecular complexity index is 1510. The van der Waals surface area contributed by atoms with Crippen molar-refractivity contribution in [1.82, 2.24) is 19.9 Å². The Hall–Kier alpha value is -4.40. The second-order valence-corrected chi connectivity index (χ2v) is 9.67. The lowest BCUT2D eigenvalue weighted by Gasteiger charge is -2.19. The van der Waals surface area contributed by atoms with Crippen LogP contribution >= 0.6 is 0 Å². The van der Waals surface area contributed by atoms with Crippen LogP contribution in [-0.2, 0) is 20.7 Å². The van der Waals surface area contributed by atoms with E-state index in [1.807, 2.05) is 69.3 Å². The molecule has 9 nitrogen and oxygen atoms in total. The van der Waals surface area contributed by atoms with Crippen LogP contribution in [0.3, 0.4) is 0 Å². The molecule has 1 N–H and O–H groups in total. The number of hydrogen-bond acceptors (Lipinski definition) is 7. The van der Waals surface area contributed by atoms with Gasteiger partial charge < -0.3 is 19.5 Å². The van der Waals surface area contributed by atoms with Gasteiger partial charge >= 0.3 is 5.97 Å². The van der Waals surface area contributed by atoms with Gasteiger partial charge in [0.25, 0.3) is 0 Å². The summed E-state index contributed by atoms with van der Waals surface area (Å²) in [7, 11) is 3.22. The minimum Gasteiger partial charge on any atom is -0.497 e. The van der Waals surface area contributed by atoms with Crippen LogP contribution in [0, 0.1) is 20.8 Å². The van der Waals surface area contributed by atoms with Gasteiger partial charge in [0, 0.05) is 35.5 Å². The standard InChI is InChI=1S/C31H36N4O5/c1-7-40-31(37)18-26(22-10-8-19(2)9-11-22)33-30(36)15-14-24-20(3)32-29-17-27(34-35(29)21(24)4)25-13-12-23(38-5)16-28(25)39-6/h8-13,16-17,26H,7,14-15,18H2,1-6H3,(H,33,36)/t26-/m1/s1. The maximum absolute atomic E-state index is 13.1. The molecule has 4 aromatic rings. The highest BCUT2D eigenvalue weighted by molar-refractivity contribution is 5.78. The number of carbonyl (C=O) groups excluding carboxylic acids is 2. The van der Waals surface area contributed by atoms with Crippen molar-refractivity contribution in [2.75, 3.05) is 20.8 Å². The molecule has 0 aliphatic rings. The third kappa shape index (κ3) is 6.42. The zero-order valence-electron chi connectivity index (χ0n) is 23.9. The highest BCUT2D eigenvalue weighted by Gasteiger charge is 2.21. The average molecular weight is 545 g/mol. The van der Waals surface area contributed by atoms with E-state index in [1.165, 1.54) is 0 Å². The van der Waals surface area contributed by atoms with Gasteiger partial charge in [-0.15, -0.1) is 0 Å². The van der Waals surface area contributed by atoms with Gasteiger partial charge in [-0.3, -0.25) is 9.59 Å². The van der Waals surface area contributed by atoms with Crippen molar-refractivity contribution in [3.05, 3.63) is 76.6 Å². The normalized spacial score (nSPS) is 11.8. The molecular weight excluding hydrogens is 508 g/mol. The number of methoxy groups -OCH3 is 2. The molecule has 1 atom stereocenters. The molecule has 1 amide bonds. The fraction of sp³-hybridized carbons (Fsp3) is 0.355. The van der Waals surface area contributed by atoms with Gasteiger partial charge in [-0.1, -0.05) is 29.8 Å². The SMILES string of the molecule is CCOC(=O)C[C@@H](NC(=O)CCc1c(C)nc2cc(-c3ccc(OC)cc3OC)nn2c1C)c1ccc(C)cc1. The molecule has 2 aromatic heterocycles. The molecule has 0 aliphatic heterocycles. The quantitative estimate of drug-likeness (QED) is 0.263. The number of carbonyl (C=O) groups is 2. The summed E-state index contributed by atoms with van der Waals surface area (Å²) in [6.07, 6.45) is 0.785. The number of amides is 1. The van der Waals surface area contributed by atoms with Gasteiger partial charge in [0.05, 0.1) is 39.0 Å². The first-order chi connectivity index (χ1) is 19.2. The van der Waals surface area contributed by atoms with Crippen molar-refractivity contribution in [3.8, 4) is 22.8 Å². The first-order valence-electron chi connectivity index (χ1n) is 13.3. The summed E-state index contributed by atoms with van der Waals surface area (Å²) in [4.78, 5) is 30.1. The van der Waals surface area contributed by atoms with Crippen LogP contribution < -0.4 is 14.8 Å². The van der Waals surface area contributed by atoms with E-state index in [2.05, 4.69) is 5.32 Å². The predicted molar refractivity (Wildman–Crippen MR) is 153 cm³/mol. The first-order valence-corrected chi connectivity index (χ1v) is 13.3. The van der Waals surface area contributed by atoms with E-state index in [-0.39, 0.29) is 24.7 Å². The number of nitrogens with zero attached hydrogens (tertiary/aromatic N) is 3. The molecule has 4 rings (SSSR count). The number of nitrogens with one attached hydrogen (secondary N) is 1. The molecule has 0 bridgehead atoms. The average Bonchev–Trinajstić information content (AvgIpc) is 3.36. The van der Waals surface area contributed by atoms with E-state index in [9.17, 15) is 9.59 Å². The van der Waals surface area contributed by atoms with Crippen molar-refractivity contribution >= 4 is 17.5 Å². The third-order valence-corrected chi connectivity index (χ3v) is 6.94. The Kier molecular flexibility index (Phi) is 9.04. The van der Waals surface area contributed by atoms with E-state index < -0.39 is 6.04 Å². The molecule has 40 heavy (non-hydrogen) atoms. The molecule has 0 spiro atoms. The smallest absolute Gasteiger partial charge is 0.308 e. The molecule has 210 valence electrons. The van der Waals surface area contributed by atoms with E-state index >= 15 is 0 Å². The highest BCUT2D eigenvalue weighted by atomic mass is 16.5. The summed E-state index contributed by atoms with van der Waals surface area (Å²) < 4.78 is 17.8. The summed E-state index contributed by atoms with van der Waals surface area (Å²) in [5.41, 5.74) is 6.94. The molecule has 2 aromatic carbocycles. The van der Waals surface area contributed by atoms with E-state index in [1.54, 1.807) is 25.7 Å². The van der Waals surface area contributed by atoms with Crippen LogP contribution in [0.4, 0.5) is 0 Å². The second-order valence-electron chi connectivity index (χ2n) is 9.67. The maximum atomic E-state index is 13.1. The van der Waals surface area contributed by atoms with Gasteiger partial charge in [0.15, 0.2) is 5.65 Å². The lowest BCUT2D eigenvalue weighted by Crippen LogP contribution is -2.31. The number of fused-ring (bicyclic) bond motifs is 1. The number of hydrogen-bond donors (Lipinski definition) is 1. The fourth-order valence-electron chi connectivity index (χ4n) is 4.77. The van der Waals surface area contributed by atoms with Crippen LogP contribution in [0.5, 0.6) is 11.5 Å². The second kappa shape index (κ2) is 12.6. The lowest BCUT2D eigenvalue weighted by molar-refractivity contribution is -0.143. The maximum Gasteiger partial charge on any atom is 0.308 e. The van der Waals surface area contributed by atoms with Crippen molar-refractivity contribution in [3.63, 3.8) is 0 Å². The number of esters is 1. The van der Waals surface area contributed by atoms with E-state index in [4.69, 9.17) is 24.3 Å². The summed E-state index contributed by atoms with van der Waals surface area (Å²) in [6.45, 7) is 7.97. The van der Waals surface area contributed by atoms with Crippen molar-refractivity contribution < 1.29 is 23.8 Å². The summed E-state index contributed by atoms with van der Waals surface area (Å²) >= 11 is 0. The Morgan fingerprint density at radius 2 is 1.75 bits per heavy atom. The number of aromatic nitrogens is 3. The van der Waals surface area contributed by atoms with Crippen molar-refractivity contribution in [2.24, 2.45) is 0 Å². The zero-order chi connectivity index (χ0) is 28.8. The molecule has 0 saturated carbocycles. The topological polar surface area (TPSA) is 104 Å². The largest absolute Gasteiger partial charge is 0.497 e. The van der Waals surface area contributed by atoms with Crippen LogP contribution in [0.15, 0.2) is 48.5 Å². The zero-order valence-corrected chi connectivity index (χ0v) is 23.9. The Balaban J connectivity index is 1.53. The molecule has 0 aliphatic carbocycles. The molecule has 0 radical (unpaired) electrons. The molecular formula is C31H36N4O5. The Morgan fingerprint density at radius 3 is 2.42 bits per heavy atom. The predicted octanol–water partition coefficient (Wildman–Crippen LogP) is 5.08. The number of rotatable bonds is 11. The lowest BCUT2D eigenvalue weighted by atomic mass is 10.0.